The number of rotatable bonds is 7. The Hall–Kier alpha value is -0.490. The molecule has 0 atom stereocenters. The molecule has 0 unspecified atom stereocenters. The molecule has 0 aromatic rings. The van der Waals surface area contributed by atoms with Gasteiger partial charge in [0.05, 0.1) is 6.61 Å². The summed E-state index contributed by atoms with van der Waals surface area (Å²) in [4.78, 5) is 0. The molecule has 0 aromatic heterocycles. The van der Waals surface area contributed by atoms with Gasteiger partial charge in [-0.2, -0.15) is 0 Å². The summed E-state index contributed by atoms with van der Waals surface area (Å²) in [5.74, 6) is 0.514. The molecular weight excluding hydrogens is 222 g/mol. The van der Waals surface area contributed by atoms with E-state index >= 15 is 0 Å². The Balaban J connectivity index is 3.24. The van der Waals surface area contributed by atoms with Gasteiger partial charge in [0, 0.05) is 13.1 Å². The predicted molar refractivity (Wildman–Crippen MR) is 60.3 cm³/mol. The van der Waals surface area contributed by atoms with Gasteiger partial charge in [-0.05, 0) is 18.1 Å². The molecule has 0 aliphatic rings. The zero-order chi connectivity index (χ0) is 11.7. The van der Waals surface area contributed by atoms with Crippen molar-refractivity contribution in [1.82, 2.24) is 10.6 Å². The van der Waals surface area contributed by atoms with E-state index in [1.807, 2.05) is 0 Å². The summed E-state index contributed by atoms with van der Waals surface area (Å²) in [6, 6.07) is 0. The number of ether oxygens (including phenoxy) is 1. The van der Waals surface area contributed by atoms with Gasteiger partial charge in [-0.15, -0.1) is 0 Å². The highest BCUT2D eigenvalue weighted by Crippen LogP contribution is 1.91. The van der Waals surface area contributed by atoms with Crippen molar-refractivity contribution < 1.29 is 13.5 Å². The first-order chi connectivity index (χ1) is 7.02. The van der Waals surface area contributed by atoms with Crippen LogP contribution in [-0.4, -0.2) is 37.8 Å². The average molecular weight is 240 g/mol. The van der Waals surface area contributed by atoms with Crippen LogP contribution in [0.25, 0.3) is 0 Å². The highest BCUT2D eigenvalue weighted by Gasteiger charge is 2.01. The standard InChI is InChI=1S/C9H18F2N2OS/c1-7(2)5-13-9(15)12-3-4-14-6-8(10)11/h7-8H,3-6H2,1-2H3,(H2,12,13,15). The third kappa shape index (κ3) is 11.4. The van der Waals surface area contributed by atoms with Gasteiger partial charge in [-0.1, -0.05) is 13.8 Å². The Morgan fingerprint density at radius 3 is 2.53 bits per heavy atom. The van der Waals surface area contributed by atoms with Crippen molar-refractivity contribution in [2.75, 3.05) is 26.3 Å². The SMILES string of the molecule is CC(C)CNC(=S)NCCOCC(F)F. The molecule has 90 valence electrons. The number of alkyl halides is 2. The fourth-order valence-electron chi connectivity index (χ4n) is 0.768. The molecule has 6 heteroatoms. The van der Waals surface area contributed by atoms with E-state index < -0.39 is 13.0 Å². The van der Waals surface area contributed by atoms with E-state index in [9.17, 15) is 8.78 Å². The van der Waals surface area contributed by atoms with E-state index in [2.05, 4.69) is 29.2 Å². The highest BCUT2D eigenvalue weighted by atomic mass is 32.1. The maximum absolute atomic E-state index is 11.6. The summed E-state index contributed by atoms with van der Waals surface area (Å²) in [7, 11) is 0. The zero-order valence-electron chi connectivity index (χ0n) is 9.06. The van der Waals surface area contributed by atoms with Gasteiger partial charge in [0.2, 0.25) is 0 Å². The minimum absolute atomic E-state index is 0.230. The second-order valence-corrected chi connectivity index (χ2v) is 3.90. The second kappa shape index (κ2) is 8.79. The molecule has 2 N–H and O–H groups in total. The van der Waals surface area contributed by atoms with Crippen LogP contribution in [0.1, 0.15) is 13.8 Å². The van der Waals surface area contributed by atoms with Crippen molar-refractivity contribution in [3.63, 3.8) is 0 Å². The summed E-state index contributed by atoms with van der Waals surface area (Å²) in [5, 5.41) is 6.39. The Morgan fingerprint density at radius 1 is 1.33 bits per heavy atom. The molecule has 0 aromatic carbocycles. The molecule has 0 rings (SSSR count). The van der Waals surface area contributed by atoms with E-state index in [1.54, 1.807) is 0 Å². The number of halogens is 2. The molecule has 0 fully saturated rings. The summed E-state index contributed by atoms with van der Waals surface area (Å²) in [5.41, 5.74) is 0. The number of nitrogens with one attached hydrogen (secondary N) is 2. The molecule has 0 saturated carbocycles. The van der Waals surface area contributed by atoms with Crippen LogP contribution in [-0.2, 0) is 4.74 Å². The van der Waals surface area contributed by atoms with Crippen molar-refractivity contribution in [2.45, 2.75) is 20.3 Å². The molecule has 0 aliphatic carbocycles. The van der Waals surface area contributed by atoms with E-state index in [1.165, 1.54) is 0 Å². The number of thiocarbonyl (C=S) groups is 1. The van der Waals surface area contributed by atoms with Crippen LogP contribution in [0.2, 0.25) is 0 Å². The normalized spacial score (nSPS) is 10.8. The van der Waals surface area contributed by atoms with Crippen molar-refractivity contribution in [3.05, 3.63) is 0 Å². The quantitative estimate of drug-likeness (QED) is 0.520. The maximum atomic E-state index is 11.6. The molecule has 15 heavy (non-hydrogen) atoms. The predicted octanol–water partition coefficient (Wildman–Crippen LogP) is 1.39. The van der Waals surface area contributed by atoms with Gasteiger partial charge in [0.15, 0.2) is 5.11 Å². The first-order valence-electron chi connectivity index (χ1n) is 4.90. The van der Waals surface area contributed by atoms with Crippen LogP contribution in [0.5, 0.6) is 0 Å². The van der Waals surface area contributed by atoms with Crippen LogP contribution < -0.4 is 10.6 Å². The molecule has 3 nitrogen and oxygen atoms in total. The van der Waals surface area contributed by atoms with Gasteiger partial charge < -0.3 is 15.4 Å². The first kappa shape index (κ1) is 14.5. The zero-order valence-corrected chi connectivity index (χ0v) is 9.87. The van der Waals surface area contributed by atoms with Crippen LogP contribution in [0.4, 0.5) is 8.78 Å². The molecule has 0 bridgehead atoms. The topological polar surface area (TPSA) is 33.3 Å². The average Bonchev–Trinajstić information content (AvgIpc) is 2.13. The van der Waals surface area contributed by atoms with Crippen LogP contribution in [0, 0.1) is 5.92 Å². The largest absolute Gasteiger partial charge is 0.374 e. The van der Waals surface area contributed by atoms with Gasteiger partial charge >= 0.3 is 0 Å². The summed E-state index contributed by atoms with van der Waals surface area (Å²) in [6.45, 7) is 5.09. The Bertz CT molecular complexity index is 179. The molecule has 0 amide bonds. The van der Waals surface area contributed by atoms with E-state index in [0.717, 1.165) is 6.54 Å². The van der Waals surface area contributed by atoms with Crippen LogP contribution in [0.15, 0.2) is 0 Å². The van der Waals surface area contributed by atoms with Crippen molar-refractivity contribution >= 4 is 17.3 Å². The number of hydrogen-bond acceptors (Lipinski definition) is 2. The van der Waals surface area contributed by atoms with Gasteiger partial charge in [-0.3, -0.25) is 0 Å². The Kier molecular flexibility index (Phi) is 8.50. The first-order valence-corrected chi connectivity index (χ1v) is 5.30. The molecule has 0 spiro atoms. The molecule has 0 heterocycles. The molecule has 0 radical (unpaired) electrons. The lowest BCUT2D eigenvalue weighted by Crippen LogP contribution is -2.38. The van der Waals surface area contributed by atoms with Gasteiger partial charge in [-0.25, -0.2) is 8.78 Å². The second-order valence-electron chi connectivity index (χ2n) is 3.50. The van der Waals surface area contributed by atoms with Crippen molar-refractivity contribution in [1.29, 1.82) is 0 Å². The van der Waals surface area contributed by atoms with Gasteiger partial charge in [0.1, 0.15) is 6.61 Å². The van der Waals surface area contributed by atoms with E-state index in [-0.39, 0.29) is 6.61 Å². The monoisotopic (exact) mass is 240 g/mol. The smallest absolute Gasteiger partial charge is 0.261 e. The molecular formula is C9H18F2N2OS. The third-order valence-electron chi connectivity index (χ3n) is 1.45. The van der Waals surface area contributed by atoms with Crippen LogP contribution >= 0.6 is 12.2 Å². The Morgan fingerprint density at radius 2 is 2.00 bits per heavy atom. The summed E-state index contributed by atoms with van der Waals surface area (Å²) >= 11 is 4.95. The minimum Gasteiger partial charge on any atom is -0.374 e. The maximum Gasteiger partial charge on any atom is 0.261 e. The van der Waals surface area contributed by atoms with Crippen LogP contribution in [0.3, 0.4) is 0 Å². The summed E-state index contributed by atoms with van der Waals surface area (Å²) < 4.78 is 28.0. The minimum atomic E-state index is -2.41. The summed E-state index contributed by atoms with van der Waals surface area (Å²) in [6.07, 6.45) is -2.41. The lowest BCUT2D eigenvalue weighted by atomic mass is 10.2. The lowest BCUT2D eigenvalue weighted by molar-refractivity contribution is 0.0197. The van der Waals surface area contributed by atoms with Gasteiger partial charge in [0.25, 0.3) is 6.43 Å². The third-order valence-corrected chi connectivity index (χ3v) is 1.74. The van der Waals surface area contributed by atoms with Crippen molar-refractivity contribution in [2.24, 2.45) is 5.92 Å². The highest BCUT2D eigenvalue weighted by molar-refractivity contribution is 7.80. The molecule has 0 saturated heterocycles. The van der Waals surface area contributed by atoms with E-state index in [4.69, 9.17) is 12.2 Å². The Labute approximate surface area is 94.6 Å². The fraction of sp³-hybridized carbons (Fsp3) is 0.889. The fourth-order valence-corrected chi connectivity index (χ4v) is 0.954. The lowest BCUT2D eigenvalue weighted by Gasteiger charge is -2.12. The van der Waals surface area contributed by atoms with Crippen molar-refractivity contribution in [3.8, 4) is 0 Å². The molecule has 0 aliphatic heterocycles. The number of hydrogen-bond donors (Lipinski definition) is 2. The van der Waals surface area contributed by atoms with E-state index in [0.29, 0.717) is 17.6 Å².